The maximum atomic E-state index is 11.4. The second-order valence-corrected chi connectivity index (χ2v) is 2.79. The van der Waals surface area contributed by atoms with Crippen molar-refractivity contribution in [3.05, 3.63) is 29.8 Å². The molecule has 0 saturated heterocycles. The number of rotatable bonds is 5. The van der Waals surface area contributed by atoms with Crippen LogP contribution < -0.4 is 5.48 Å². The Labute approximate surface area is 87.6 Å². The van der Waals surface area contributed by atoms with E-state index in [4.69, 9.17) is 9.57 Å². The number of methoxy groups -OCH3 is 1. The van der Waals surface area contributed by atoms with Gasteiger partial charge in [0.05, 0.1) is 18.8 Å². The Kier molecular flexibility index (Phi) is 4.59. The summed E-state index contributed by atoms with van der Waals surface area (Å²) < 4.78 is 4.73. The highest BCUT2D eigenvalue weighted by Crippen LogP contribution is 2.14. The summed E-state index contributed by atoms with van der Waals surface area (Å²) in [6.07, 6.45) is 0. The van der Waals surface area contributed by atoms with E-state index in [1.165, 1.54) is 19.2 Å². The number of hydrogen-bond acceptors (Lipinski definition) is 4. The number of phenolic OH excluding ortho intramolecular Hbond substituents is 1. The van der Waals surface area contributed by atoms with Crippen LogP contribution in [0.5, 0.6) is 5.75 Å². The van der Waals surface area contributed by atoms with Crippen LogP contribution in [0.25, 0.3) is 0 Å². The maximum Gasteiger partial charge on any atom is 0.278 e. The molecule has 82 valence electrons. The molecular weight excluding hydrogens is 198 g/mol. The van der Waals surface area contributed by atoms with Gasteiger partial charge in [-0.15, -0.1) is 0 Å². The molecule has 0 spiro atoms. The van der Waals surface area contributed by atoms with E-state index < -0.39 is 5.91 Å². The van der Waals surface area contributed by atoms with Crippen molar-refractivity contribution < 1.29 is 19.5 Å². The van der Waals surface area contributed by atoms with Crippen molar-refractivity contribution in [2.45, 2.75) is 0 Å². The smallest absolute Gasteiger partial charge is 0.278 e. The van der Waals surface area contributed by atoms with E-state index in [0.29, 0.717) is 6.61 Å². The van der Waals surface area contributed by atoms with Crippen molar-refractivity contribution in [2.24, 2.45) is 0 Å². The second kappa shape index (κ2) is 6.00. The van der Waals surface area contributed by atoms with Crippen LogP contribution in [0.1, 0.15) is 10.4 Å². The summed E-state index contributed by atoms with van der Waals surface area (Å²) in [4.78, 5) is 16.2. The highest BCUT2D eigenvalue weighted by molar-refractivity contribution is 5.96. The quantitative estimate of drug-likeness (QED) is 0.555. The third kappa shape index (κ3) is 3.57. The number of amides is 1. The van der Waals surface area contributed by atoms with Gasteiger partial charge in [0.2, 0.25) is 0 Å². The molecule has 0 bridgehead atoms. The first-order valence-corrected chi connectivity index (χ1v) is 4.44. The zero-order valence-corrected chi connectivity index (χ0v) is 8.40. The molecule has 0 unspecified atom stereocenters. The van der Waals surface area contributed by atoms with E-state index in [9.17, 15) is 9.90 Å². The molecule has 1 rings (SSSR count). The van der Waals surface area contributed by atoms with Crippen LogP contribution in [0.3, 0.4) is 0 Å². The summed E-state index contributed by atoms with van der Waals surface area (Å²) in [5.74, 6) is -0.561. The molecule has 0 aromatic heterocycles. The minimum absolute atomic E-state index is 0.0784. The lowest BCUT2D eigenvalue weighted by molar-refractivity contribution is 0.00875. The molecule has 0 radical (unpaired) electrons. The molecule has 0 aliphatic heterocycles. The van der Waals surface area contributed by atoms with Crippen molar-refractivity contribution in [3.8, 4) is 5.75 Å². The molecule has 0 atom stereocenters. The summed E-state index contributed by atoms with van der Waals surface area (Å²) in [5, 5.41) is 9.34. The van der Waals surface area contributed by atoms with Crippen molar-refractivity contribution in [3.63, 3.8) is 0 Å². The standard InChI is InChI=1S/C10H13NO4/c1-14-6-7-15-11-10(13)8-4-2-3-5-9(8)12/h2-5,12H,6-7H2,1H3,(H,11,13). The van der Waals surface area contributed by atoms with Gasteiger partial charge in [-0.1, -0.05) is 12.1 Å². The van der Waals surface area contributed by atoms with Crippen LogP contribution in [-0.2, 0) is 9.57 Å². The SMILES string of the molecule is COCCONC(=O)c1ccccc1O. The first-order chi connectivity index (χ1) is 7.25. The predicted molar refractivity (Wildman–Crippen MR) is 53.4 cm³/mol. The minimum Gasteiger partial charge on any atom is -0.507 e. The fraction of sp³-hybridized carbons (Fsp3) is 0.300. The zero-order valence-electron chi connectivity index (χ0n) is 8.40. The molecule has 0 saturated carbocycles. The summed E-state index contributed by atoms with van der Waals surface area (Å²) in [5.41, 5.74) is 2.37. The molecule has 0 aliphatic rings. The number of aromatic hydroxyl groups is 1. The largest absolute Gasteiger partial charge is 0.507 e. The van der Waals surface area contributed by atoms with Crippen molar-refractivity contribution >= 4 is 5.91 Å². The van der Waals surface area contributed by atoms with Gasteiger partial charge in [0.15, 0.2) is 0 Å². The van der Waals surface area contributed by atoms with E-state index >= 15 is 0 Å². The Hall–Kier alpha value is -1.59. The number of hydroxylamine groups is 1. The van der Waals surface area contributed by atoms with Gasteiger partial charge in [0, 0.05) is 7.11 Å². The molecule has 15 heavy (non-hydrogen) atoms. The van der Waals surface area contributed by atoms with Gasteiger partial charge in [-0.2, -0.15) is 0 Å². The third-order valence-corrected chi connectivity index (χ3v) is 1.70. The van der Waals surface area contributed by atoms with E-state index in [1.54, 1.807) is 12.1 Å². The van der Waals surface area contributed by atoms with Crippen LogP contribution in [0.15, 0.2) is 24.3 Å². The predicted octanol–water partition coefficient (Wildman–Crippen LogP) is 0.700. The molecule has 0 fully saturated rings. The molecule has 1 amide bonds. The number of para-hydroxylation sites is 1. The lowest BCUT2D eigenvalue weighted by atomic mass is 10.2. The van der Waals surface area contributed by atoms with E-state index in [0.717, 1.165) is 0 Å². The van der Waals surface area contributed by atoms with Gasteiger partial charge in [-0.05, 0) is 12.1 Å². The Morgan fingerprint density at radius 2 is 2.13 bits per heavy atom. The molecule has 0 aliphatic carbocycles. The van der Waals surface area contributed by atoms with Crippen molar-refractivity contribution in [2.75, 3.05) is 20.3 Å². The van der Waals surface area contributed by atoms with Crippen LogP contribution in [-0.4, -0.2) is 31.3 Å². The van der Waals surface area contributed by atoms with Crippen LogP contribution >= 0.6 is 0 Å². The lowest BCUT2D eigenvalue weighted by Gasteiger charge is -2.06. The van der Waals surface area contributed by atoms with Crippen LogP contribution in [0, 0.1) is 0 Å². The number of nitrogens with one attached hydrogen (secondary N) is 1. The molecule has 5 nitrogen and oxygen atoms in total. The molecule has 5 heteroatoms. The highest BCUT2D eigenvalue weighted by Gasteiger charge is 2.09. The van der Waals surface area contributed by atoms with Crippen LogP contribution in [0.4, 0.5) is 0 Å². The van der Waals surface area contributed by atoms with Gasteiger partial charge >= 0.3 is 0 Å². The van der Waals surface area contributed by atoms with E-state index in [-0.39, 0.29) is 17.9 Å². The Morgan fingerprint density at radius 1 is 1.40 bits per heavy atom. The Bertz CT molecular complexity index is 327. The number of carbonyl (C=O) groups is 1. The second-order valence-electron chi connectivity index (χ2n) is 2.79. The van der Waals surface area contributed by atoms with Crippen molar-refractivity contribution in [1.82, 2.24) is 5.48 Å². The van der Waals surface area contributed by atoms with E-state index in [1.807, 2.05) is 0 Å². The summed E-state index contributed by atoms with van der Waals surface area (Å²) in [7, 11) is 1.54. The highest BCUT2D eigenvalue weighted by atomic mass is 16.7. The zero-order chi connectivity index (χ0) is 11.1. The fourth-order valence-corrected chi connectivity index (χ4v) is 0.962. The lowest BCUT2D eigenvalue weighted by Crippen LogP contribution is -2.25. The summed E-state index contributed by atoms with van der Waals surface area (Å²) in [6, 6.07) is 6.23. The maximum absolute atomic E-state index is 11.4. The topological polar surface area (TPSA) is 67.8 Å². The van der Waals surface area contributed by atoms with Gasteiger partial charge in [-0.3, -0.25) is 9.63 Å². The molecule has 0 heterocycles. The third-order valence-electron chi connectivity index (χ3n) is 1.70. The van der Waals surface area contributed by atoms with Gasteiger partial charge in [0.25, 0.3) is 5.91 Å². The monoisotopic (exact) mass is 211 g/mol. The number of benzene rings is 1. The molecule has 1 aromatic carbocycles. The molecule has 1 aromatic rings. The first-order valence-electron chi connectivity index (χ1n) is 4.44. The van der Waals surface area contributed by atoms with Gasteiger partial charge < -0.3 is 9.84 Å². The number of carbonyl (C=O) groups excluding carboxylic acids is 1. The number of hydrogen-bond donors (Lipinski definition) is 2. The number of ether oxygens (including phenoxy) is 1. The summed E-state index contributed by atoms with van der Waals surface area (Å²) in [6.45, 7) is 0.650. The average molecular weight is 211 g/mol. The van der Waals surface area contributed by atoms with Crippen LogP contribution in [0.2, 0.25) is 0 Å². The van der Waals surface area contributed by atoms with Crippen molar-refractivity contribution in [1.29, 1.82) is 0 Å². The first kappa shape index (κ1) is 11.5. The number of phenols is 1. The minimum atomic E-state index is -0.482. The molecule has 2 N–H and O–H groups in total. The van der Waals surface area contributed by atoms with Gasteiger partial charge in [0.1, 0.15) is 5.75 Å². The fourth-order valence-electron chi connectivity index (χ4n) is 0.962. The normalized spacial score (nSPS) is 9.93. The molecular formula is C10H13NO4. The average Bonchev–Trinajstić information content (AvgIpc) is 2.25. The van der Waals surface area contributed by atoms with Gasteiger partial charge in [-0.25, -0.2) is 5.48 Å². The Balaban J connectivity index is 2.44. The summed E-state index contributed by atoms with van der Waals surface area (Å²) >= 11 is 0. The Morgan fingerprint density at radius 3 is 2.80 bits per heavy atom. The van der Waals surface area contributed by atoms with E-state index in [2.05, 4.69) is 5.48 Å².